The maximum atomic E-state index is 5.34. The summed E-state index contributed by atoms with van der Waals surface area (Å²) in [4.78, 5) is 0. The lowest BCUT2D eigenvalue weighted by Gasteiger charge is -2.03. The third-order valence-corrected chi connectivity index (χ3v) is 1.48. The molecule has 2 nitrogen and oxygen atoms in total. The summed E-state index contributed by atoms with van der Waals surface area (Å²) in [7, 11) is 0. The Morgan fingerprint density at radius 2 is 2.45 bits per heavy atom. The van der Waals surface area contributed by atoms with E-state index in [4.69, 9.17) is 15.9 Å². The zero-order chi connectivity index (χ0) is 8.27. The summed E-state index contributed by atoms with van der Waals surface area (Å²) in [6.07, 6.45) is 6.91. The molecule has 1 aliphatic heterocycles. The monoisotopic (exact) mass is 152 g/mol. The van der Waals surface area contributed by atoms with Crippen molar-refractivity contribution in [2.24, 2.45) is 0 Å². The van der Waals surface area contributed by atoms with Gasteiger partial charge in [-0.2, -0.15) is 0 Å². The van der Waals surface area contributed by atoms with Gasteiger partial charge in [-0.1, -0.05) is 5.92 Å². The second-order valence-corrected chi connectivity index (χ2v) is 2.64. The minimum absolute atomic E-state index is 0.182. The number of allylic oxidation sites excluding steroid dienone is 1. The lowest BCUT2D eigenvalue weighted by molar-refractivity contribution is -0.0164. The van der Waals surface area contributed by atoms with Crippen LogP contribution in [-0.2, 0) is 9.47 Å². The Morgan fingerprint density at radius 1 is 1.73 bits per heavy atom. The molecular formula is C9H12O2. The molecule has 0 aliphatic carbocycles. The van der Waals surface area contributed by atoms with E-state index in [0.29, 0.717) is 6.61 Å². The molecule has 0 aromatic rings. The average molecular weight is 152 g/mol. The standard InChI is InChI=1S/C9H12O2/c1-4-7(2)5-9-10-6-8(3)11-9/h1,5,8-9H,6H2,2-3H3/b7-5-. The molecule has 0 radical (unpaired) electrons. The number of hydrogen-bond acceptors (Lipinski definition) is 2. The second kappa shape index (κ2) is 3.56. The lowest BCUT2D eigenvalue weighted by atomic mass is 10.3. The van der Waals surface area contributed by atoms with Crippen molar-refractivity contribution in [3.8, 4) is 12.3 Å². The Balaban J connectivity index is 2.46. The first-order chi connectivity index (χ1) is 5.22. The molecule has 2 atom stereocenters. The van der Waals surface area contributed by atoms with Gasteiger partial charge >= 0.3 is 0 Å². The fourth-order valence-electron chi connectivity index (χ4n) is 0.878. The Labute approximate surface area is 67.2 Å². The number of rotatable bonds is 1. The van der Waals surface area contributed by atoms with E-state index in [1.54, 1.807) is 0 Å². The predicted octanol–water partition coefficient (Wildman–Crippen LogP) is 1.33. The molecule has 0 spiro atoms. The molecule has 0 saturated carbocycles. The van der Waals surface area contributed by atoms with E-state index in [-0.39, 0.29) is 12.4 Å². The topological polar surface area (TPSA) is 18.5 Å². The smallest absolute Gasteiger partial charge is 0.178 e. The molecule has 1 saturated heterocycles. The van der Waals surface area contributed by atoms with E-state index in [2.05, 4.69) is 5.92 Å². The van der Waals surface area contributed by atoms with Crippen molar-refractivity contribution in [2.75, 3.05) is 6.61 Å². The molecule has 0 aromatic carbocycles. The molecule has 2 heteroatoms. The average Bonchev–Trinajstić information content (AvgIpc) is 2.35. The Morgan fingerprint density at radius 3 is 2.91 bits per heavy atom. The first kappa shape index (κ1) is 8.32. The Hall–Kier alpha value is -0.780. The molecule has 60 valence electrons. The van der Waals surface area contributed by atoms with Crippen LogP contribution in [0.25, 0.3) is 0 Å². The van der Waals surface area contributed by atoms with E-state index in [1.165, 1.54) is 0 Å². The van der Waals surface area contributed by atoms with E-state index in [1.807, 2.05) is 19.9 Å². The van der Waals surface area contributed by atoms with Gasteiger partial charge in [0.05, 0.1) is 12.7 Å². The van der Waals surface area contributed by atoms with Crippen molar-refractivity contribution in [3.05, 3.63) is 11.6 Å². The Bertz CT molecular complexity index is 200. The summed E-state index contributed by atoms with van der Waals surface area (Å²) in [6, 6.07) is 0. The predicted molar refractivity (Wildman–Crippen MR) is 42.9 cm³/mol. The lowest BCUT2D eigenvalue weighted by Crippen LogP contribution is -2.06. The van der Waals surface area contributed by atoms with E-state index < -0.39 is 0 Å². The maximum Gasteiger partial charge on any atom is 0.178 e. The van der Waals surface area contributed by atoms with Crippen LogP contribution in [0.15, 0.2) is 11.6 Å². The first-order valence-corrected chi connectivity index (χ1v) is 3.64. The number of hydrogen-bond donors (Lipinski definition) is 0. The molecule has 0 bridgehead atoms. The van der Waals surface area contributed by atoms with Crippen molar-refractivity contribution in [3.63, 3.8) is 0 Å². The zero-order valence-electron chi connectivity index (χ0n) is 6.83. The van der Waals surface area contributed by atoms with Gasteiger partial charge in [-0.25, -0.2) is 0 Å². The summed E-state index contributed by atoms with van der Waals surface area (Å²) in [5.41, 5.74) is 0.851. The molecule has 11 heavy (non-hydrogen) atoms. The van der Waals surface area contributed by atoms with Crippen LogP contribution in [0.3, 0.4) is 0 Å². The summed E-state index contributed by atoms with van der Waals surface area (Å²) >= 11 is 0. The molecule has 1 rings (SSSR count). The van der Waals surface area contributed by atoms with Crippen LogP contribution in [0.5, 0.6) is 0 Å². The number of terminal acetylenes is 1. The maximum absolute atomic E-state index is 5.34. The summed E-state index contributed by atoms with van der Waals surface area (Å²) in [5, 5.41) is 0. The third-order valence-electron chi connectivity index (χ3n) is 1.48. The molecule has 2 unspecified atom stereocenters. The van der Waals surface area contributed by atoms with Crippen LogP contribution in [0.1, 0.15) is 13.8 Å². The fourth-order valence-corrected chi connectivity index (χ4v) is 0.878. The van der Waals surface area contributed by atoms with Crippen LogP contribution >= 0.6 is 0 Å². The van der Waals surface area contributed by atoms with Crippen molar-refractivity contribution in [2.45, 2.75) is 26.2 Å². The molecule has 0 N–H and O–H groups in total. The van der Waals surface area contributed by atoms with Gasteiger partial charge in [-0.3, -0.25) is 0 Å². The van der Waals surface area contributed by atoms with Gasteiger partial charge in [0.15, 0.2) is 6.29 Å². The largest absolute Gasteiger partial charge is 0.346 e. The fraction of sp³-hybridized carbons (Fsp3) is 0.556. The third kappa shape index (κ3) is 2.38. The molecule has 0 aromatic heterocycles. The quantitative estimate of drug-likeness (QED) is 0.528. The van der Waals surface area contributed by atoms with Gasteiger partial charge in [0.25, 0.3) is 0 Å². The van der Waals surface area contributed by atoms with Gasteiger partial charge < -0.3 is 9.47 Å². The Kier molecular flexibility index (Phi) is 2.70. The van der Waals surface area contributed by atoms with Crippen molar-refractivity contribution < 1.29 is 9.47 Å². The molecule has 1 fully saturated rings. The van der Waals surface area contributed by atoms with Crippen molar-refractivity contribution >= 4 is 0 Å². The van der Waals surface area contributed by atoms with Gasteiger partial charge in [0, 0.05) is 0 Å². The second-order valence-electron chi connectivity index (χ2n) is 2.64. The highest BCUT2D eigenvalue weighted by molar-refractivity contribution is 5.23. The molecule has 1 heterocycles. The van der Waals surface area contributed by atoms with Crippen LogP contribution in [-0.4, -0.2) is 19.0 Å². The SMILES string of the molecule is C#C/C(C)=C\C1OCC(C)O1. The van der Waals surface area contributed by atoms with Crippen molar-refractivity contribution in [1.29, 1.82) is 0 Å². The summed E-state index contributed by atoms with van der Waals surface area (Å²) in [6.45, 7) is 4.48. The van der Waals surface area contributed by atoms with Gasteiger partial charge in [-0.05, 0) is 25.5 Å². The highest BCUT2D eigenvalue weighted by atomic mass is 16.7. The zero-order valence-corrected chi connectivity index (χ0v) is 6.83. The highest BCUT2D eigenvalue weighted by Gasteiger charge is 2.19. The van der Waals surface area contributed by atoms with Crippen LogP contribution in [0, 0.1) is 12.3 Å². The summed E-state index contributed by atoms with van der Waals surface area (Å²) in [5.74, 6) is 2.51. The normalized spacial score (nSPS) is 31.9. The van der Waals surface area contributed by atoms with Gasteiger partial charge in [-0.15, -0.1) is 6.42 Å². The summed E-state index contributed by atoms with van der Waals surface area (Å²) < 4.78 is 10.6. The highest BCUT2D eigenvalue weighted by Crippen LogP contribution is 2.12. The first-order valence-electron chi connectivity index (χ1n) is 3.64. The number of ether oxygens (including phenoxy) is 2. The minimum atomic E-state index is -0.235. The van der Waals surface area contributed by atoms with Crippen LogP contribution in [0.4, 0.5) is 0 Å². The van der Waals surface area contributed by atoms with E-state index >= 15 is 0 Å². The van der Waals surface area contributed by atoms with E-state index in [0.717, 1.165) is 5.57 Å². The van der Waals surface area contributed by atoms with Gasteiger partial charge in [0.2, 0.25) is 0 Å². The van der Waals surface area contributed by atoms with Crippen molar-refractivity contribution in [1.82, 2.24) is 0 Å². The molecular weight excluding hydrogens is 140 g/mol. The van der Waals surface area contributed by atoms with Crippen LogP contribution in [0.2, 0.25) is 0 Å². The molecule has 0 amide bonds. The minimum Gasteiger partial charge on any atom is -0.346 e. The van der Waals surface area contributed by atoms with Gasteiger partial charge in [0.1, 0.15) is 0 Å². The van der Waals surface area contributed by atoms with Crippen LogP contribution < -0.4 is 0 Å². The molecule has 1 aliphatic rings. The van der Waals surface area contributed by atoms with E-state index in [9.17, 15) is 0 Å².